The van der Waals surface area contributed by atoms with Gasteiger partial charge >= 0.3 is 5.97 Å². The van der Waals surface area contributed by atoms with E-state index in [0.717, 1.165) is 0 Å². The number of benzene rings is 2. The number of carboxylic acids is 1. The third kappa shape index (κ3) is 3.15. The second-order valence-corrected chi connectivity index (χ2v) is 8.28. The summed E-state index contributed by atoms with van der Waals surface area (Å²) < 4.78 is 26.3. The predicted octanol–water partition coefficient (Wildman–Crippen LogP) is 1.72. The number of carbonyl (C=O) groups excluding carboxylic acids is 2. The fourth-order valence-corrected chi connectivity index (χ4v) is 3.88. The number of hydrogen-bond acceptors (Lipinski definition) is 7. The molecule has 0 bridgehead atoms. The Morgan fingerprint density at radius 3 is 2.57 bits per heavy atom. The van der Waals surface area contributed by atoms with Crippen LogP contribution in [0.4, 0.5) is 17.2 Å². The van der Waals surface area contributed by atoms with Crippen LogP contribution in [-0.4, -0.2) is 43.2 Å². The molecule has 0 saturated carbocycles. The number of sulfonamides is 1. The standard InChI is InChI=1S/C19H14N4O6S/c1-20-30(28,29)11-4-2-3-10(8-11)21-17-13-7-9(19(26)27)5-6-12(13)14-15(22-17)16(24)18(25)23-14/h2-8,20H,1H3,(H,21,22)(H,26,27)(H,23,24,25). The number of anilines is 3. The van der Waals surface area contributed by atoms with Crippen molar-refractivity contribution in [2.75, 3.05) is 17.7 Å². The van der Waals surface area contributed by atoms with Crippen LogP contribution in [0.3, 0.4) is 0 Å². The van der Waals surface area contributed by atoms with Gasteiger partial charge in [0, 0.05) is 16.5 Å². The van der Waals surface area contributed by atoms with Gasteiger partial charge in [0.1, 0.15) is 11.5 Å². The summed E-state index contributed by atoms with van der Waals surface area (Å²) in [6, 6.07) is 10.0. The topological polar surface area (TPSA) is 155 Å². The van der Waals surface area contributed by atoms with Gasteiger partial charge in [-0.25, -0.2) is 22.9 Å². The first-order chi connectivity index (χ1) is 14.2. The van der Waals surface area contributed by atoms with E-state index in [4.69, 9.17) is 0 Å². The van der Waals surface area contributed by atoms with Crippen LogP contribution in [0.15, 0.2) is 47.4 Å². The minimum Gasteiger partial charge on any atom is -0.478 e. The van der Waals surface area contributed by atoms with Gasteiger partial charge in [-0.2, -0.15) is 0 Å². The van der Waals surface area contributed by atoms with Crippen molar-refractivity contribution in [1.82, 2.24) is 9.71 Å². The van der Waals surface area contributed by atoms with Crippen molar-refractivity contribution in [2.24, 2.45) is 0 Å². The zero-order valence-corrected chi connectivity index (χ0v) is 16.2. The number of aromatic carboxylic acids is 1. The van der Waals surface area contributed by atoms with Crippen molar-refractivity contribution in [3.8, 4) is 0 Å². The van der Waals surface area contributed by atoms with Crippen LogP contribution >= 0.6 is 0 Å². The summed E-state index contributed by atoms with van der Waals surface area (Å²) in [7, 11) is -2.41. The highest BCUT2D eigenvalue weighted by molar-refractivity contribution is 7.89. The number of rotatable bonds is 5. The molecule has 0 spiro atoms. The molecule has 1 amide bonds. The average molecular weight is 426 g/mol. The zero-order chi connectivity index (χ0) is 21.6. The number of carboxylic acid groups (broad SMARTS) is 1. The van der Waals surface area contributed by atoms with E-state index in [1.165, 1.54) is 43.4 Å². The van der Waals surface area contributed by atoms with Crippen molar-refractivity contribution in [2.45, 2.75) is 4.90 Å². The van der Waals surface area contributed by atoms with Crippen LogP contribution in [0, 0.1) is 0 Å². The van der Waals surface area contributed by atoms with E-state index in [-0.39, 0.29) is 27.7 Å². The van der Waals surface area contributed by atoms with Gasteiger partial charge in [-0.05, 0) is 37.4 Å². The lowest BCUT2D eigenvalue weighted by Gasteiger charge is -2.13. The lowest BCUT2D eigenvalue weighted by atomic mass is 10.0. The molecule has 30 heavy (non-hydrogen) atoms. The summed E-state index contributed by atoms with van der Waals surface area (Å²) >= 11 is 0. The summed E-state index contributed by atoms with van der Waals surface area (Å²) in [5, 5.41) is 15.5. The fraction of sp³-hybridized carbons (Fsp3) is 0.0526. The molecule has 10 nitrogen and oxygen atoms in total. The molecule has 4 N–H and O–H groups in total. The Labute approximate surface area is 170 Å². The molecular formula is C19H14N4O6S. The molecule has 4 rings (SSSR count). The minimum absolute atomic E-state index is 0.000360. The van der Waals surface area contributed by atoms with Gasteiger partial charge in [0.05, 0.1) is 16.1 Å². The molecule has 0 aliphatic carbocycles. The highest BCUT2D eigenvalue weighted by atomic mass is 32.2. The number of pyridine rings is 1. The molecule has 0 fully saturated rings. The van der Waals surface area contributed by atoms with Crippen molar-refractivity contribution in [3.63, 3.8) is 0 Å². The molecular weight excluding hydrogens is 412 g/mol. The largest absolute Gasteiger partial charge is 0.478 e. The van der Waals surface area contributed by atoms with E-state index in [2.05, 4.69) is 20.3 Å². The van der Waals surface area contributed by atoms with Crippen LogP contribution in [0.2, 0.25) is 0 Å². The van der Waals surface area contributed by atoms with Gasteiger partial charge in [0.15, 0.2) is 0 Å². The Kier molecular flexibility index (Phi) is 4.48. The van der Waals surface area contributed by atoms with Gasteiger partial charge in [-0.1, -0.05) is 12.1 Å². The summed E-state index contributed by atoms with van der Waals surface area (Å²) in [6.45, 7) is 0. The Morgan fingerprint density at radius 1 is 1.10 bits per heavy atom. The minimum atomic E-state index is -3.70. The van der Waals surface area contributed by atoms with Crippen LogP contribution in [-0.2, 0) is 14.8 Å². The maximum atomic E-state index is 12.2. The molecule has 0 saturated heterocycles. The number of amides is 1. The number of hydrogen-bond donors (Lipinski definition) is 4. The first kappa shape index (κ1) is 19.5. The van der Waals surface area contributed by atoms with Gasteiger partial charge in [-0.3, -0.25) is 9.59 Å². The number of carbonyl (C=O) groups is 3. The van der Waals surface area contributed by atoms with E-state index >= 15 is 0 Å². The van der Waals surface area contributed by atoms with Gasteiger partial charge in [-0.15, -0.1) is 0 Å². The van der Waals surface area contributed by atoms with Gasteiger partial charge in [0.2, 0.25) is 10.0 Å². The Morgan fingerprint density at radius 2 is 1.87 bits per heavy atom. The summed E-state index contributed by atoms with van der Waals surface area (Å²) in [5.41, 5.74) is 0.422. The Bertz CT molecular complexity index is 1370. The van der Waals surface area contributed by atoms with Gasteiger partial charge in [0.25, 0.3) is 11.7 Å². The number of Topliss-reactive ketones (excluding diaryl/α,β-unsaturated/α-hetero) is 1. The maximum Gasteiger partial charge on any atom is 0.335 e. The smallest absolute Gasteiger partial charge is 0.335 e. The normalized spacial score (nSPS) is 13.2. The van der Waals surface area contributed by atoms with Crippen molar-refractivity contribution in [1.29, 1.82) is 0 Å². The predicted molar refractivity (Wildman–Crippen MR) is 108 cm³/mol. The van der Waals surface area contributed by atoms with E-state index in [0.29, 0.717) is 16.5 Å². The highest BCUT2D eigenvalue weighted by Gasteiger charge is 2.32. The number of nitrogens with zero attached hydrogens (tertiary/aromatic N) is 1. The highest BCUT2D eigenvalue weighted by Crippen LogP contribution is 2.36. The quantitative estimate of drug-likeness (QED) is 0.450. The van der Waals surface area contributed by atoms with Crippen LogP contribution in [0.1, 0.15) is 20.8 Å². The summed E-state index contributed by atoms with van der Waals surface area (Å²) in [5.74, 6) is -2.70. The first-order valence-electron chi connectivity index (χ1n) is 8.58. The van der Waals surface area contributed by atoms with Crippen molar-refractivity contribution >= 4 is 55.6 Å². The molecule has 2 aromatic carbocycles. The second-order valence-electron chi connectivity index (χ2n) is 6.39. The van der Waals surface area contributed by atoms with E-state index in [9.17, 15) is 27.9 Å². The second kappa shape index (κ2) is 6.90. The average Bonchev–Trinajstić information content (AvgIpc) is 3.02. The van der Waals surface area contributed by atoms with Crippen LogP contribution in [0.5, 0.6) is 0 Å². The van der Waals surface area contributed by atoms with E-state index in [1.807, 2.05) is 0 Å². The van der Waals surface area contributed by atoms with Crippen molar-refractivity contribution in [3.05, 3.63) is 53.7 Å². The summed E-state index contributed by atoms with van der Waals surface area (Å²) in [4.78, 5) is 39.6. The molecule has 0 unspecified atom stereocenters. The molecule has 2 heterocycles. The molecule has 0 atom stereocenters. The molecule has 152 valence electrons. The molecule has 1 aromatic heterocycles. The maximum absolute atomic E-state index is 12.2. The SMILES string of the molecule is CNS(=O)(=O)c1cccc(Nc2nc3c(c4ccc(C(=O)O)cc24)NC(=O)C3=O)c1. The lowest BCUT2D eigenvalue weighted by molar-refractivity contribution is -0.112. The summed E-state index contributed by atoms with van der Waals surface area (Å²) in [6.07, 6.45) is 0. The Balaban J connectivity index is 1.91. The number of nitrogens with one attached hydrogen (secondary N) is 3. The fourth-order valence-electron chi connectivity index (χ4n) is 3.11. The number of aromatic nitrogens is 1. The number of ketones is 1. The molecule has 11 heteroatoms. The first-order valence-corrected chi connectivity index (χ1v) is 10.1. The van der Waals surface area contributed by atoms with Crippen LogP contribution in [0.25, 0.3) is 10.8 Å². The third-order valence-corrected chi connectivity index (χ3v) is 6.00. The monoisotopic (exact) mass is 426 g/mol. The van der Waals surface area contributed by atoms with E-state index < -0.39 is 27.7 Å². The molecule has 1 aliphatic heterocycles. The Hall–Kier alpha value is -3.83. The lowest BCUT2D eigenvalue weighted by Crippen LogP contribution is -2.18. The molecule has 3 aromatic rings. The molecule has 1 aliphatic rings. The zero-order valence-electron chi connectivity index (χ0n) is 15.4. The van der Waals surface area contributed by atoms with Gasteiger partial charge < -0.3 is 15.7 Å². The van der Waals surface area contributed by atoms with Crippen molar-refractivity contribution < 1.29 is 27.9 Å². The van der Waals surface area contributed by atoms with Crippen LogP contribution < -0.4 is 15.4 Å². The third-order valence-electron chi connectivity index (χ3n) is 4.59. The molecule has 0 radical (unpaired) electrons. The van der Waals surface area contributed by atoms with E-state index in [1.54, 1.807) is 6.07 Å². The number of fused-ring (bicyclic) bond motifs is 3.